The quantitative estimate of drug-likeness (QED) is 0.856. The molecule has 138 valence electrons. The fourth-order valence-corrected chi connectivity index (χ4v) is 3.34. The van der Waals surface area contributed by atoms with Gasteiger partial charge in [0.2, 0.25) is 5.91 Å². The molecule has 0 bridgehead atoms. The molecule has 7 nitrogen and oxygen atoms in total. The van der Waals surface area contributed by atoms with Crippen LogP contribution in [0.5, 0.6) is 0 Å². The Bertz CT molecular complexity index is 787. The van der Waals surface area contributed by atoms with Gasteiger partial charge in [-0.2, -0.15) is 5.10 Å². The van der Waals surface area contributed by atoms with Crippen molar-refractivity contribution < 1.29 is 14.7 Å². The monoisotopic (exact) mass is 356 g/mol. The first-order valence-corrected chi connectivity index (χ1v) is 8.88. The SMILES string of the molecule is CC(=O)Nc1cccc(C(=O)N2CCC[C@H](c3ccn(CCO)n3)C2)c1. The van der Waals surface area contributed by atoms with E-state index in [-0.39, 0.29) is 24.3 Å². The summed E-state index contributed by atoms with van der Waals surface area (Å²) in [6.07, 6.45) is 3.78. The van der Waals surface area contributed by atoms with Crippen molar-refractivity contribution in [2.75, 3.05) is 25.0 Å². The minimum Gasteiger partial charge on any atom is -0.394 e. The van der Waals surface area contributed by atoms with E-state index in [9.17, 15) is 9.59 Å². The third-order valence-electron chi connectivity index (χ3n) is 4.55. The van der Waals surface area contributed by atoms with Gasteiger partial charge in [0.25, 0.3) is 5.91 Å². The van der Waals surface area contributed by atoms with E-state index in [2.05, 4.69) is 10.4 Å². The number of nitrogens with one attached hydrogen (secondary N) is 1. The van der Waals surface area contributed by atoms with Gasteiger partial charge in [-0.1, -0.05) is 6.07 Å². The number of aliphatic hydroxyl groups is 1. The fourth-order valence-electron chi connectivity index (χ4n) is 3.34. The smallest absolute Gasteiger partial charge is 0.253 e. The number of carbonyl (C=O) groups is 2. The molecule has 2 amide bonds. The highest BCUT2D eigenvalue weighted by molar-refractivity contribution is 5.96. The second-order valence-corrected chi connectivity index (χ2v) is 6.58. The molecule has 0 radical (unpaired) electrons. The van der Waals surface area contributed by atoms with E-state index in [0.29, 0.717) is 24.3 Å². The lowest BCUT2D eigenvalue weighted by molar-refractivity contribution is -0.114. The summed E-state index contributed by atoms with van der Waals surface area (Å²) in [6, 6.07) is 8.99. The van der Waals surface area contributed by atoms with Gasteiger partial charge in [-0.3, -0.25) is 14.3 Å². The summed E-state index contributed by atoms with van der Waals surface area (Å²) in [6.45, 7) is 3.32. The lowest BCUT2D eigenvalue weighted by Gasteiger charge is -2.32. The number of hydrogen-bond donors (Lipinski definition) is 2. The van der Waals surface area contributed by atoms with Crippen LogP contribution in [0.4, 0.5) is 5.69 Å². The number of piperidine rings is 1. The third kappa shape index (κ3) is 4.29. The molecule has 3 rings (SSSR count). The second kappa shape index (κ2) is 8.14. The molecule has 2 heterocycles. The largest absolute Gasteiger partial charge is 0.394 e. The molecule has 0 unspecified atom stereocenters. The maximum absolute atomic E-state index is 12.9. The number of aromatic nitrogens is 2. The summed E-state index contributed by atoms with van der Waals surface area (Å²) in [5.74, 6) is 0.00830. The molecule has 1 aromatic heterocycles. The molecule has 2 N–H and O–H groups in total. The Labute approximate surface area is 152 Å². The standard InChI is InChI=1S/C19H24N4O3/c1-14(25)20-17-6-2-4-15(12-17)19(26)22-8-3-5-16(13-22)18-7-9-23(21-18)10-11-24/h2,4,6-7,9,12,16,24H,3,5,8,10-11,13H2,1H3,(H,20,25)/t16-/m0/s1. The van der Waals surface area contributed by atoms with Crippen LogP contribution in [0.3, 0.4) is 0 Å². The summed E-state index contributed by atoms with van der Waals surface area (Å²) in [5, 5.41) is 16.2. The Hall–Kier alpha value is -2.67. The van der Waals surface area contributed by atoms with E-state index in [4.69, 9.17) is 5.11 Å². The minimum atomic E-state index is -0.161. The average molecular weight is 356 g/mol. The minimum absolute atomic E-state index is 0.0308. The number of benzene rings is 1. The van der Waals surface area contributed by atoms with Crippen molar-refractivity contribution in [2.24, 2.45) is 0 Å². The second-order valence-electron chi connectivity index (χ2n) is 6.58. The number of rotatable bonds is 5. The van der Waals surface area contributed by atoms with E-state index < -0.39 is 0 Å². The Morgan fingerprint density at radius 3 is 2.96 bits per heavy atom. The number of likely N-dealkylation sites (tertiary alicyclic amines) is 1. The number of nitrogens with zero attached hydrogens (tertiary/aromatic N) is 3. The Kier molecular flexibility index (Phi) is 5.68. The van der Waals surface area contributed by atoms with Gasteiger partial charge in [0.05, 0.1) is 18.8 Å². The van der Waals surface area contributed by atoms with Crippen LogP contribution in [0, 0.1) is 0 Å². The van der Waals surface area contributed by atoms with Crippen molar-refractivity contribution in [2.45, 2.75) is 32.2 Å². The zero-order valence-corrected chi connectivity index (χ0v) is 14.9. The van der Waals surface area contributed by atoms with Gasteiger partial charge < -0.3 is 15.3 Å². The summed E-state index contributed by atoms with van der Waals surface area (Å²) >= 11 is 0. The van der Waals surface area contributed by atoms with Gasteiger partial charge in [-0.15, -0.1) is 0 Å². The predicted octanol–water partition coefficient (Wildman–Crippen LogP) is 1.85. The fraction of sp³-hybridized carbons (Fsp3) is 0.421. The van der Waals surface area contributed by atoms with Crippen LogP contribution in [-0.4, -0.2) is 51.3 Å². The topological polar surface area (TPSA) is 87.5 Å². The first-order chi connectivity index (χ1) is 12.6. The average Bonchev–Trinajstić information content (AvgIpc) is 3.10. The molecule has 0 saturated carbocycles. The lowest BCUT2D eigenvalue weighted by atomic mass is 9.94. The maximum Gasteiger partial charge on any atom is 0.253 e. The van der Waals surface area contributed by atoms with Gasteiger partial charge in [-0.05, 0) is 37.1 Å². The van der Waals surface area contributed by atoms with Crippen LogP contribution in [0.2, 0.25) is 0 Å². The van der Waals surface area contributed by atoms with Crippen molar-refractivity contribution in [1.82, 2.24) is 14.7 Å². The van der Waals surface area contributed by atoms with Crippen molar-refractivity contribution >= 4 is 17.5 Å². The Balaban J connectivity index is 1.70. The molecule has 2 aromatic rings. The van der Waals surface area contributed by atoms with Crippen LogP contribution in [-0.2, 0) is 11.3 Å². The molecule has 1 atom stereocenters. The highest BCUT2D eigenvalue weighted by atomic mass is 16.3. The number of aliphatic hydroxyl groups excluding tert-OH is 1. The normalized spacial score (nSPS) is 17.2. The van der Waals surface area contributed by atoms with Gasteiger partial charge in [-0.25, -0.2) is 0 Å². The molecule has 7 heteroatoms. The maximum atomic E-state index is 12.9. The van der Waals surface area contributed by atoms with Crippen molar-refractivity contribution in [1.29, 1.82) is 0 Å². The number of hydrogen-bond acceptors (Lipinski definition) is 4. The van der Waals surface area contributed by atoms with Crippen molar-refractivity contribution in [3.8, 4) is 0 Å². The van der Waals surface area contributed by atoms with E-state index in [1.54, 1.807) is 28.9 Å². The summed E-state index contributed by atoms with van der Waals surface area (Å²) < 4.78 is 1.73. The molecule has 1 fully saturated rings. The highest BCUT2D eigenvalue weighted by Crippen LogP contribution is 2.27. The molecule has 1 aliphatic heterocycles. The lowest BCUT2D eigenvalue weighted by Crippen LogP contribution is -2.39. The van der Waals surface area contributed by atoms with Gasteiger partial charge in [0.1, 0.15) is 0 Å². The molecule has 26 heavy (non-hydrogen) atoms. The third-order valence-corrected chi connectivity index (χ3v) is 4.55. The Morgan fingerprint density at radius 2 is 2.19 bits per heavy atom. The van der Waals surface area contributed by atoms with Crippen LogP contribution < -0.4 is 5.32 Å². The number of amides is 2. The van der Waals surface area contributed by atoms with Gasteiger partial charge in [0, 0.05) is 43.4 Å². The first kappa shape index (κ1) is 18.1. The zero-order valence-electron chi connectivity index (χ0n) is 14.9. The number of anilines is 1. The molecule has 0 aliphatic carbocycles. The molecule has 0 spiro atoms. The first-order valence-electron chi connectivity index (χ1n) is 8.88. The van der Waals surface area contributed by atoms with Crippen LogP contribution in [0.25, 0.3) is 0 Å². The van der Waals surface area contributed by atoms with Crippen LogP contribution in [0.1, 0.15) is 41.7 Å². The molecular weight excluding hydrogens is 332 g/mol. The molecule has 1 aromatic carbocycles. The van der Waals surface area contributed by atoms with Crippen LogP contribution >= 0.6 is 0 Å². The van der Waals surface area contributed by atoms with E-state index in [1.165, 1.54) is 6.92 Å². The summed E-state index contributed by atoms with van der Waals surface area (Å²) in [7, 11) is 0. The summed E-state index contributed by atoms with van der Waals surface area (Å²) in [4.78, 5) is 25.9. The van der Waals surface area contributed by atoms with E-state index >= 15 is 0 Å². The molecular formula is C19H24N4O3. The van der Waals surface area contributed by atoms with Gasteiger partial charge in [0.15, 0.2) is 0 Å². The zero-order chi connectivity index (χ0) is 18.5. The van der Waals surface area contributed by atoms with Crippen LogP contribution in [0.15, 0.2) is 36.5 Å². The summed E-state index contributed by atoms with van der Waals surface area (Å²) in [5.41, 5.74) is 2.16. The van der Waals surface area contributed by atoms with E-state index in [0.717, 1.165) is 25.1 Å². The van der Waals surface area contributed by atoms with E-state index in [1.807, 2.05) is 17.2 Å². The van der Waals surface area contributed by atoms with Crippen molar-refractivity contribution in [3.63, 3.8) is 0 Å². The predicted molar refractivity (Wildman–Crippen MR) is 97.9 cm³/mol. The van der Waals surface area contributed by atoms with Gasteiger partial charge >= 0.3 is 0 Å². The number of carbonyl (C=O) groups excluding carboxylic acids is 2. The molecule has 1 saturated heterocycles. The van der Waals surface area contributed by atoms with Crippen molar-refractivity contribution in [3.05, 3.63) is 47.8 Å². The highest BCUT2D eigenvalue weighted by Gasteiger charge is 2.27. The molecule has 1 aliphatic rings. The Morgan fingerprint density at radius 1 is 1.35 bits per heavy atom.